The summed E-state index contributed by atoms with van der Waals surface area (Å²) in [5.41, 5.74) is 2.57. The Hall–Kier alpha value is -1.31. The van der Waals surface area contributed by atoms with E-state index in [2.05, 4.69) is 28.7 Å². The monoisotopic (exact) mass is 172 g/mol. The molecule has 1 saturated carbocycles. The SMILES string of the molecule is Cn1c(C2CC2)cc2cccnc21. The fraction of sp³-hybridized carbons (Fsp3) is 0.364. The molecule has 1 aliphatic rings. The van der Waals surface area contributed by atoms with Gasteiger partial charge in [-0.15, -0.1) is 0 Å². The smallest absolute Gasteiger partial charge is 0.139 e. The van der Waals surface area contributed by atoms with Crippen molar-refractivity contribution < 1.29 is 0 Å². The van der Waals surface area contributed by atoms with Crippen molar-refractivity contribution in [1.82, 2.24) is 9.55 Å². The van der Waals surface area contributed by atoms with Crippen LogP contribution in [0, 0.1) is 0 Å². The molecular formula is C11H12N2. The van der Waals surface area contributed by atoms with Crippen molar-refractivity contribution >= 4 is 11.0 Å². The van der Waals surface area contributed by atoms with Crippen LogP contribution in [0.2, 0.25) is 0 Å². The van der Waals surface area contributed by atoms with Gasteiger partial charge in [-0.2, -0.15) is 0 Å². The Balaban J connectivity index is 2.30. The van der Waals surface area contributed by atoms with Crippen LogP contribution in [0.5, 0.6) is 0 Å². The van der Waals surface area contributed by atoms with Crippen LogP contribution in [0.15, 0.2) is 24.4 Å². The van der Waals surface area contributed by atoms with E-state index in [1.165, 1.54) is 23.9 Å². The Morgan fingerprint density at radius 2 is 2.31 bits per heavy atom. The number of aromatic nitrogens is 2. The van der Waals surface area contributed by atoms with Crippen molar-refractivity contribution in [2.45, 2.75) is 18.8 Å². The molecule has 2 heteroatoms. The van der Waals surface area contributed by atoms with Crippen LogP contribution in [0.25, 0.3) is 11.0 Å². The minimum absolute atomic E-state index is 0.805. The first-order valence-electron chi connectivity index (χ1n) is 4.76. The van der Waals surface area contributed by atoms with Crippen LogP contribution in [0.3, 0.4) is 0 Å². The van der Waals surface area contributed by atoms with Crippen LogP contribution in [-0.4, -0.2) is 9.55 Å². The van der Waals surface area contributed by atoms with Gasteiger partial charge in [-0.05, 0) is 37.0 Å². The molecule has 1 fully saturated rings. The maximum atomic E-state index is 4.37. The van der Waals surface area contributed by atoms with Crippen molar-refractivity contribution in [2.24, 2.45) is 7.05 Å². The Labute approximate surface area is 77.2 Å². The second-order valence-electron chi connectivity index (χ2n) is 3.82. The van der Waals surface area contributed by atoms with Crippen LogP contribution in [0.4, 0.5) is 0 Å². The van der Waals surface area contributed by atoms with Gasteiger partial charge in [0.1, 0.15) is 5.65 Å². The summed E-state index contributed by atoms with van der Waals surface area (Å²) in [6.45, 7) is 0. The molecule has 0 atom stereocenters. The first-order chi connectivity index (χ1) is 6.36. The Morgan fingerprint density at radius 1 is 1.46 bits per heavy atom. The van der Waals surface area contributed by atoms with Gasteiger partial charge in [-0.25, -0.2) is 4.98 Å². The highest BCUT2D eigenvalue weighted by molar-refractivity contribution is 5.77. The van der Waals surface area contributed by atoms with Crippen molar-refractivity contribution in [1.29, 1.82) is 0 Å². The highest BCUT2D eigenvalue weighted by Gasteiger charge is 2.26. The van der Waals surface area contributed by atoms with E-state index >= 15 is 0 Å². The molecule has 0 bridgehead atoms. The standard InChI is InChI=1S/C11H12N2/c1-13-10(8-4-5-8)7-9-3-2-6-12-11(9)13/h2-3,6-8H,4-5H2,1H3. The van der Waals surface area contributed by atoms with Gasteiger partial charge < -0.3 is 4.57 Å². The van der Waals surface area contributed by atoms with E-state index in [1.807, 2.05) is 12.3 Å². The average Bonchev–Trinajstić information content (AvgIpc) is 2.94. The topological polar surface area (TPSA) is 17.8 Å². The molecule has 3 rings (SSSR count). The lowest BCUT2D eigenvalue weighted by molar-refractivity contribution is 0.847. The summed E-state index contributed by atoms with van der Waals surface area (Å²) in [5, 5.41) is 1.27. The van der Waals surface area contributed by atoms with E-state index in [0.717, 1.165) is 11.6 Å². The number of rotatable bonds is 1. The fourth-order valence-electron chi connectivity index (χ4n) is 1.95. The number of nitrogens with zero attached hydrogens (tertiary/aromatic N) is 2. The zero-order valence-electron chi connectivity index (χ0n) is 7.70. The molecule has 0 N–H and O–H groups in total. The number of hydrogen-bond acceptors (Lipinski definition) is 1. The fourth-order valence-corrected chi connectivity index (χ4v) is 1.95. The molecule has 0 amide bonds. The minimum Gasteiger partial charge on any atom is -0.332 e. The molecular weight excluding hydrogens is 160 g/mol. The summed E-state index contributed by atoms with van der Waals surface area (Å²) in [6, 6.07) is 6.41. The Kier molecular flexibility index (Phi) is 1.29. The third-order valence-electron chi connectivity index (χ3n) is 2.82. The largest absolute Gasteiger partial charge is 0.332 e. The molecule has 2 aromatic rings. The summed E-state index contributed by atoms with van der Waals surface area (Å²) in [7, 11) is 2.11. The Bertz CT molecular complexity index is 452. The molecule has 2 aromatic heterocycles. The van der Waals surface area contributed by atoms with Gasteiger partial charge in [0.05, 0.1) is 0 Å². The van der Waals surface area contributed by atoms with Crippen LogP contribution < -0.4 is 0 Å². The first kappa shape index (κ1) is 7.13. The number of aryl methyl sites for hydroxylation is 1. The summed E-state index contributed by atoms with van der Waals surface area (Å²) < 4.78 is 2.23. The van der Waals surface area contributed by atoms with Crippen molar-refractivity contribution in [3.8, 4) is 0 Å². The third-order valence-corrected chi connectivity index (χ3v) is 2.82. The molecule has 0 aliphatic heterocycles. The first-order valence-corrected chi connectivity index (χ1v) is 4.76. The van der Waals surface area contributed by atoms with Crippen LogP contribution >= 0.6 is 0 Å². The highest BCUT2D eigenvalue weighted by atomic mass is 15.0. The molecule has 13 heavy (non-hydrogen) atoms. The van der Waals surface area contributed by atoms with E-state index in [9.17, 15) is 0 Å². The number of fused-ring (bicyclic) bond motifs is 1. The quantitative estimate of drug-likeness (QED) is 0.646. The zero-order chi connectivity index (χ0) is 8.84. The van der Waals surface area contributed by atoms with Gasteiger partial charge in [0.15, 0.2) is 0 Å². The molecule has 0 radical (unpaired) electrons. The lowest BCUT2D eigenvalue weighted by Gasteiger charge is -1.99. The van der Waals surface area contributed by atoms with Gasteiger partial charge in [-0.3, -0.25) is 0 Å². The van der Waals surface area contributed by atoms with Gasteiger partial charge in [0, 0.05) is 24.3 Å². The number of hydrogen-bond donors (Lipinski definition) is 0. The van der Waals surface area contributed by atoms with Gasteiger partial charge in [-0.1, -0.05) is 0 Å². The van der Waals surface area contributed by atoms with E-state index < -0.39 is 0 Å². The molecule has 0 spiro atoms. The molecule has 2 nitrogen and oxygen atoms in total. The predicted octanol–water partition coefficient (Wildman–Crippen LogP) is 2.45. The van der Waals surface area contributed by atoms with Gasteiger partial charge >= 0.3 is 0 Å². The van der Waals surface area contributed by atoms with Crippen LogP contribution in [0.1, 0.15) is 24.5 Å². The van der Waals surface area contributed by atoms with E-state index in [4.69, 9.17) is 0 Å². The summed E-state index contributed by atoms with van der Waals surface area (Å²) in [5.74, 6) is 0.805. The maximum Gasteiger partial charge on any atom is 0.139 e. The van der Waals surface area contributed by atoms with Crippen molar-refractivity contribution in [3.05, 3.63) is 30.1 Å². The molecule has 2 heterocycles. The minimum atomic E-state index is 0.805. The normalized spacial score (nSPS) is 16.7. The maximum absolute atomic E-state index is 4.37. The third kappa shape index (κ3) is 0.981. The van der Waals surface area contributed by atoms with Gasteiger partial charge in [0.2, 0.25) is 0 Å². The predicted molar refractivity (Wildman–Crippen MR) is 52.7 cm³/mol. The molecule has 0 saturated heterocycles. The lowest BCUT2D eigenvalue weighted by atomic mass is 10.2. The Morgan fingerprint density at radius 3 is 3.00 bits per heavy atom. The summed E-state index contributed by atoms with van der Waals surface area (Å²) >= 11 is 0. The van der Waals surface area contributed by atoms with Gasteiger partial charge in [0.25, 0.3) is 0 Å². The second-order valence-corrected chi connectivity index (χ2v) is 3.82. The lowest BCUT2D eigenvalue weighted by Crippen LogP contribution is -1.94. The van der Waals surface area contributed by atoms with E-state index in [-0.39, 0.29) is 0 Å². The number of pyridine rings is 1. The summed E-state index contributed by atoms with van der Waals surface area (Å²) in [4.78, 5) is 4.37. The zero-order valence-corrected chi connectivity index (χ0v) is 7.70. The van der Waals surface area contributed by atoms with Crippen LogP contribution in [-0.2, 0) is 7.05 Å². The molecule has 1 aliphatic carbocycles. The van der Waals surface area contributed by atoms with E-state index in [1.54, 1.807) is 0 Å². The molecule has 0 aromatic carbocycles. The van der Waals surface area contributed by atoms with Crippen molar-refractivity contribution in [3.63, 3.8) is 0 Å². The second kappa shape index (κ2) is 2.34. The average molecular weight is 172 g/mol. The van der Waals surface area contributed by atoms with E-state index in [0.29, 0.717) is 0 Å². The molecule has 66 valence electrons. The highest BCUT2D eigenvalue weighted by Crippen LogP contribution is 2.41. The van der Waals surface area contributed by atoms with Crippen molar-refractivity contribution in [2.75, 3.05) is 0 Å². The molecule has 0 unspecified atom stereocenters. The summed E-state index contributed by atoms with van der Waals surface area (Å²) in [6.07, 6.45) is 4.56.